The number of amides is 1. The molecule has 0 aliphatic heterocycles. The Labute approximate surface area is 145 Å². The molecule has 0 spiro atoms. The highest BCUT2D eigenvalue weighted by Crippen LogP contribution is 2.25. The van der Waals surface area contributed by atoms with Crippen LogP contribution in [0.25, 0.3) is 0 Å². The van der Waals surface area contributed by atoms with E-state index in [9.17, 15) is 17.6 Å². The minimum atomic E-state index is -3.79. The Morgan fingerprint density at radius 2 is 1.83 bits per heavy atom. The Kier molecular flexibility index (Phi) is 5.27. The second-order valence-corrected chi connectivity index (χ2v) is 7.88. The van der Waals surface area contributed by atoms with Crippen LogP contribution in [0.2, 0.25) is 5.02 Å². The van der Waals surface area contributed by atoms with Gasteiger partial charge >= 0.3 is 0 Å². The highest BCUT2D eigenvalue weighted by molar-refractivity contribution is 7.89. The number of sulfonamides is 1. The van der Waals surface area contributed by atoms with Crippen molar-refractivity contribution in [2.75, 3.05) is 19.4 Å². The van der Waals surface area contributed by atoms with Crippen LogP contribution in [0.3, 0.4) is 0 Å². The second-order valence-electron chi connectivity index (χ2n) is 5.35. The van der Waals surface area contributed by atoms with E-state index >= 15 is 0 Å². The summed E-state index contributed by atoms with van der Waals surface area (Å²) in [5.74, 6) is -1.01. The summed E-state index contributed by atoms with van der Waals surface area (Å²) >= 11 is 5.94. The first-order chi connectivity index (χ1) is 11.1. The summed E-state index contributed by atoms with van der Waals surface area (Å²) in [5, 5.41) is 2.54. The maximum Gasteiger partial charge on any atom is 0.255 e. The minimum absolute atomic E-state index is 0.0154. The van der Waals surface area contributed by atoms with Gasteiger partial charge in [-0.2, -0.15) is 0 Å². The van der Waals surface area contributed by atoms with E-state index in [0.29, 0.717) is 5.56 Å². The SMILES string of the molecule is Cc1ccc(NC(=O)c2ccc(Cl)c(S(=O)(=O)N(C)C)c2)cc1F. The van der Waals surface area contributed by atoms with Crippen LogP contribution < -0.4 is 5.32 Å². The van der Waals surface area contributed by atoms with Gasteiger partial charge in [0.1, 0.15) is 10.7 Å². The van der Waals surface area contributed by atoms with Crippen LogP contribution in [0, 0.1) is 12.7 Å². The number of nitrogens with zero attached hydrogens (tertiary/aromatic N) is 1. The van der Waals surface area contributed by atoms with Crippen LogP contribution in [-0.2, 0) is 10.0 Å². The quantitative estimate of drug-likeness (QED) is 0.898. The van der Waals surface area contributed by atoms with Crippen LogP contribution in [0.5, 0.6) is 0 Å². The van der Waals surface area contributed by atoms with E-state index < -0.39 is 21.7 Å². The number of nitrogens with one attached hydrogen (secondary N) is 1. The molecule has 0 radical (unpaired) electrons. The molecule has 2 aromatic carbocycles. The van der Waals surface area contributed by atoms with E-state index in [1.165, 1.54) is 44.4 Å². The van der Waals surface area contributed by atoms with Crippen molar-refractivity contribution in [2.45, 2.75) is 11.8 Å². The molecule has 0 aliphatic carbocycles. The van der Waals surface area contributed by atoms with Crippen molar-refractivity contribution in [1.29, 1.82) is 0 Å². The molecule has 24 heavy (non-hydrogen) atoms. The van der Waals surface area contributed by atoms with Gasteiger partial charge < -0.3 is 5.32 Å². The van der Waals surface area contributed by atoms with Crippen molar-refractivity contribution in [3.63, 3.8) is 0 Å². The number of carbonyl (C=O) groups is 1. The predicted octanol–water partition coefficient (Wildman–Crippen LogP) is 3.29. The third kappa shape index (κ3) is 3.75. The summed E-state index contributed by atoms with van der Waals surface area (Å²) in [7, 11) is -1.05. The molecule has 0 saturated carbocycles. The molecule has 1 N–H and O–H groups in total. The fourth-order valence-corrected chi connectivity index (χ4v) is 3.31. The first-order valence-corrected chi connectivity index (χ1v) is 8.74. The largest absolute Gasteiger partial charge is 0.322 e. The van der Waals surface area contributed by atoms with Gasteiger partial charge in [0.05, 0.1) is 5.02 Å². The fraction of sp³-hybridized carbons (Fsp3) is 0.188. The molecule has 128 valence electrons. The highest BCUT2D eigenvalue weighted by Gasteiger charge is 2.22. The summed E-state index contributed by atoms with van der Waals surface area (Å²) < 4.78 is 39.0. The molecule has 0 saturated heterocycles. The molecule has 0 bridgehead atoms. The van der Waals surface area contributed by atoms with Crippen LogP contribution in [0.4, 0.5) is 10.1 Å². The van der Waals surface area contributed by atoms with Crippen LogP contribution in [0.15, 0.2) is 41.3 Å². The van der Waals surface area contributed by atoms with Gasteiger partial charge in [-0.25, -0.2) is 17.1 Å². The summed E-state index contributed by atoms with van der Waals surface area (Å²) in [6, 6.07) is 8.22. The average molecular weight is 371 g/mol. The number of rotatable bonds is 4. The Bertz CT molecular complexity index is 898. The number of hydrogen-bond donors (Lipinski definition) is 1. The van der Waals surface area contributed by atoms with E-state index in [1.807, 2.05) is 0 Å². The molecule has 0 atom stereocenters. The number of halogens is 2. The molecule has 0 aromatic heterocycles. The van der Waals surface area contributed by atoms with E-state index in [2.05, 4.69) is 5.32 Å². The van der Waals surface area contributed by atoms with E-state index in [1.54, 1.807) is 13.0 Å². The van der Waals surface area contributed by atoms with Crippen molar-refractivity contribution in [2.24, 2.45) is 0 Å². The third-order valence-electron chi connectivity index (χ3n) is 3.38. The molecular formula is C16H16ClFN2O3S. The monoisotopic (exact) mass is 370 g/mol. The Morgan fingerprint density at radius 1 is 1.17 bits per heavy atom. The average Bonchev–Trinajstić information content (AvgIpc) is 2.51. The van der Waals surface area contributed by atoms with Gasteiger partial charge in [-0.05, 0) is 42.8 Å². The molecule has 0 aliphatic rings. The maximum atomic E-state index is 13.5. The molecule has 0 unspecified atom stereocenters. The van der Waals surface area contributed by atoms with Gasteiger partial charge in [0.15, 0.2) is 0 Å². The molecule has 2 rings (SSSR count). The van der Waals surface area contributed by atoms with Gasteiger partial charge in [0.25, 0.3) is 5.91 Å². The lowest BCUT2D eigenvalue weighted by Crippen LogP contribution is -2.23. The molecule has 2 aromatic rings. The van der Waals surface area contributed by atoms with Crippen molar-refractivity contribution < 1.29 is 17.6 Å². The van der Waals surface area contributed by atoms with Gasteiger partial charge in [0.2, 0.25) is 10.0 Å². The van der Waals surface area contributed by atoms with E-state index in [-0.39, 0.29) is 21.2 Å². The zero-order valence-corrected chi connectivity index (χ0v) is 14.9. The number of hydrogen-bond acceptors (Lipinski definition) is 3. The molecular weight excluding hydrogens is 355 g/mol. The molecule has 0 fully saturated rings. The summed E-state index contributed by atoms with van der Waals surface area (Å²) in [5.41, 5.74) is 0.828. The molecule has 8 heteroatoms. The highest BCUT2D eigenvalue weighted by atomic mass is 35.5. The number of aryl methyl sites for hydroxylation is 1. The number of anilines is 1. The Hall–Kier alpha value is -1.96. The van der Waals surface area contributed by atoms with E-state index in [4.69, 9.17) is 11.6 Å². The smallest absolute Gasteiger partial charge is 0.255 e. The number of carbonyl (C=O) groups excluding carboxylic acids is 1. The number of benzene rings is 2. The lowest BCUT2D eigenvalue weighted by atomic mass is 10.2. The lowest BCUT2D eigenvalue weighted by Gasteiger charge is -2.14. The first-order valence-electron chi connectivity index (χ1n) is 6.92. The molecule has 1 amide bonds. The van der Waals surface area contributed by atoms with Crippen LogP contribution in [-0.4, -0.2) is 32.7 Å². The normalized spacial score (nSPS) is 11.6. The third-order valence-corrected chi connectivity index (χ3v) is 5.68. The maximum absolute atomic E-state index is 13.5. The zero-order chi connectivity index (χ0) is 18.1. The predicted molar refractivity (Wildman–Crippen MR) is 91.4 cm³/mol. The Balaban J connectivity index is 2.35. The summed E-state index contributed by atoms with van der Waals surface area (Å²) in [6.45, 7) is 1.61. The zero-order valence-electron chi connectivity index (χ0n) is 13.3. The van der Waals surface area contributed by atoms with Crippen molar-refractivity contribution in [1.82, 2.24) is 4.31 Å². The van der Waals surface area contributed by atoms with Crippen molar-refractivity contribution >= 4 is 33.2 Å². The van der Waals surface area contributed by atoms with Gasteiger partial charge in [-0.3, -0.25) is 4.79 Å². The summed E-state index contributed by atoms with van der Waals surface area (Å²) in [6.07, 6.45) is 0. The van der Waals surface area contributed by atoms with E-state index in [0.717, 1.165) is 4.31 Å². The molecule has 5 nitrogen and oxygen atoms in total. The topological polar surface area (TPSA) is 66.5 Å². The van der Waals surface area contributed by atoms with Crippen LogP contribution in [0.1, 0.15) is 15.9 Å². The van der Waals surface area contributed by atoms with Crippen LogP contribution >= 0.6 is 11.6 Å². The first kappa shape index (κ1) is 18.4. The standard InChI is InChI=1S/C16H16ClFN2O3S/c1-10-4-6-12(9-14(10)18)19-16(21)11-5-7-13(17)15(8-11)24(22,23)20(2)3/h4-9H,1-3H3,(H,19,21). The Morgan fingerprint density at radius 3 is 2.42 bits per heavy atom. The van der Waals surface area contributed by atoms with Crippen molar-refractivity contribution in [3.05, 3.63) is 58.4 Å². The van der Waals surface area contributed by atoms with Gasteiger partial charge in [0, 0.05) is 25.3 Å². The lowest BCUT2D eigenvalue weighted by molar-refractivity contribution is 0.102. The van der Waals surface area contributed by atoms with Gasteiger partial charge in [-0.1, -0.05) is 17.7 Å². The van der Waals surface area contributed by atoms with Gasteiger partial charge in [-0.15, -0.1) is 0 Å². The fourth-order valence-electron chi connectivity index (χ4n) is 1.91. The summed E-state index contributed by atoms with van der Waals surface area (Å²) in [4.78, 5) is 12.1. The minimum Gasteiger partial charge on any atom is -0.322 e. The second kappa shape index (κ2) is 6.88. The van der Waals surface area contributed by atoms with Crippen molar-refractivity contribution in [3.8, 4) is 0 Å². The molecule has 0 heterocycles.